The molecule has 0 unspecified atom stereocenters. The maximum absolute atomic E-state index is 13.1. The average molecular weight is 466 g/mol. The molecule has 1 N–H and O–H groups in total. The summed E-state index contributed by atoms with van der Waals surface area (Å²) in [4.78, 5) is 28.5. The lowest BCUT2D eigenvalue weighted by molar-refractivity contribution is -0.384. The summed E-state index contributed by atoms with van der Waals surface area (Å²) in [5, 5.41) is 25.9. The molecule has 0 saturated heterocycles. The van der Waals surface area contributed by atoms with E-state index < -0.39 is 10.8 Å². The number of carbonyl (C=O) groups is 1. The molecular formula is C22H23N7O3S. The summed E-state index contributed by atoms with van der Waals surface area (Å²) < 4.78 is 1.46. The first-order valence-electron chi connectivity index (χ1n) is 10.4. The van der Waals surface area contributed by atoms with Crippen LogP contribution in [0.2, 0.25) is 0 Å². The number of nitro groups is 1. The molecule has 1 aliphatic carbocycles. The molecule has 1 fully saturated rings. The van der Waals surface area contributed by atoms with Gasteiger partial charge in [0.2, 0.25) is 5.16 Å². The highest BCUT2D eigenvalue weighted by Crippen LogP contribution is 2.41. The topological polar surface area (TPSA) is 128 Å². The number of rotatable bonds is 8. The molecular weight excluding hydrogens is 442 g/mol. The van der Waals surface area contributed by atoms with Gasteiger partial charge in [0.05, 0.1) is 10.5 Å². The number of nitro benzene ring substituents is 1. The molecule has 2 aromatic carbocycles. The van der Waals surface area contributed by atoms with Crippen LogP contribution in [0.3, 0.4) is 0 Å². The highest BCUT2D eigenvalue weighted by Gasteiger charge is 2.35. The number of amides is 1. The molecule has 1 saturated carbocycles. The van der Waals surface area contributed by atoms with E-state index in [0.717, 1.165) is 24.6 Å². The van der Waals surface area contributed by atoms with Gasteiger partial charge in [-0.3, -0.25) is 14.9 Å². The van der Waals surface area contributed by atoms with Crippen LogP contribution in [0.1, 0.15) is 41.6 Å². The standard InChI is InChI=1S/C22H23N7O3S/c1-23-14-22(11-3-4-12-22)15-5-7-16(8-6-15)24-20(30)18-13-17(29(31)32)9-10-19(18)33-21-25-26-27-28(21)2/h5-10,13H,1,3-4,11-12,14H2,2H3,(H,24,30). The monoisotopic (exact) mass is 465 g/mol. The van der Waals surface area contributed by atoms with Crippen molar-refractivity contribution in [2.24, 2.45) is 12.0 Å². The Balaban J connectivity index is 1.58. The number of nitrogens with zero attached hydrogens (tertiary/aromatic N) is 6. The van der Waals surface area contributed by atoms with Crippen LogP contribution >= 0.6 is 11.8 Å². The first kappa shape index (κ1) is 22.6. The van der Waals surface area contributed by atoms with Gasteiger partial charge in [0.25, 0.3) is 11.6 Å². The van der Waals surface area contributed by atoms with Gasteiger partial charge in [-0.05, 0) is 65.5 Å². The van der Waals surface area contributed by atoms with Gasteiger partial charge in [0, 0.05) is 41.7 Å². The van der Waals surface area contributed by atoms with Crippen molar-refractivity contribution in [3.63, 3.8) is 0 Å². The van der Waals surface area contributed by atoms with Gasteiger partial charge in [-0.1, -0.05) is 25.0 Å². The summed E-state index contributed by atoms with van der Waals surface area (Å²) in [6.45, 7) is 4.36. The second-order valence-corrected chi connectivity index (χ2v) is 9.03. The van der Waals surface area contributed by atoms with Crippen molar-refractivity contribution in [3.8, 4) is 0 Å². The molecule has 33 heavy (non-hydrogen) atoms. The van der Waals surface area contributed by atoms with Gasteiger partial charge in [-0.25, -0.2) is 4.68 Å². The molecule has 0 aliphatic heterocycles. The lowest BCUT2D eigenvalue weighted by Gasteiger charge is -2.27. The largest absolute Gasteiger partial charge is 0.322 e. The van der Waals surface area contributed by atoms with Crippen LogP contribution in [0.25, 0.3) is 0 Å². The zero-order valence-corrected chi connectivity index (χ0v) is 18.9. The maximum atomic E-state index is 13.1. The zero-order valence-electron chi connectivity index (χ0n) is 18.1. The second kappa shape index (κ2) is 9.49. The third-order valence-electron chi connectivity index (χ3n) is 5.93. The Morgan fingerprint density at radius 2 is 2.00 bits per heavy atom. The highest BCUT2D eigenvalue weighted by atomic mass is 32.2. The van der Waals surface area contributed by atoms with Crippen molar-refractivity contribution in [1.29, 1.82) is 0 Å². The summed E-state index contributed by atoms with van der Waals surface area (Å²) in [7, 11) is 1.67. The molecule has 0 atom stereocenters. The summed E-state index contributed by atoms with van der Waals surface area (Å²) in [6, 6.07) is 11.9. The molecule has 1 aliphatic rings. The fourth-order valence-corrected chi connectivity index (χ4v) is 5.05. The Bertz CT molecular complexity index is 1190. The Hall–Kier alpha value is -3.60. The number of anilines is 1. The maximum Gasteiger partial charge on any atom is 0.270 e. The predicted octanol–water partition coefficient (Wildman–Crippen LogP) is 4.03. The third-order valence-corrected chi connectivity index (χ3v) is 7.04. The SMILES string of the molecule is C=NCC1(c2ccc(NC(=O)c3cc([N+](=O)[O-])ccc3Sc3nnnn3C)cc2)CCCC1. The Labute approximate surface area is 194 Å². The number of benzene rings is 2. The van der Waals surface area contributed by atoms with Gasteiger partial charge >= 0.3 is 0 Å². The van der Waals surface area contributed by atoms with Crippen molar-refractivity contribution in [3.05, 3.63) is 63.7 Å². The van der Waals surface area contributed by atoms with Crippen molar-refractivity contribution in [2.45, 2.75) is 41.2 Å². The molecule has 0 spiro atoms. The molecule has 10 nitrogen and oxygen atoms in total. The van der Waals surface area contributed by atoms with E-state index in [1.807, 2.05) is 24.3 Å². The third kappa shape index (κ3) is 4.77. The highest BCUT2D eigenvalue weighted by molar-refractivity contribution is 7.99. The quantitative estimate of drug-likeness (QED) is 0.302. The molecule has 4 rings (SSSR count). The van der Waals surface area contributed by atoms with Crippen LogP contribution in [-0.4, -0.2) is 44.3 Å². The lowest BCUT2D eigenvalue weighted by atomic mass is 9.79. The summed E-state index contributed by atoms with van der Waals surface area (Å²) in [5.41, 5.74) is 1.80. The van der Waals surface area contributed by atoms with E-state index in [-0.39, 0.29) is 16.7 Å². The summed E-state index contributed by atoms with van der Waals surface area (Å²) in [5.74, 6) is -0.451. The molecule has 170 valence electrons. The van der Waals surface area contributed by atoms with Crippen molar-refractivity contribution >= 4 is 35.8 Å². The number of aromatic nitrogens is 4. The van der Waals surface area contributed by atoms with Gasteiger partial charge < -0.3 is 10.3 Å². The fraction of sp³-hybridized carbons (Fsp3) is 0.318. The Morgan fingerprint density at radius 3 is 2.61 bits per heavy atom. The smallest absolute Gasteiger partial charge is 0.270 e. The van der Waals surface area contributed by atoms with E-state index in [0.29, 0.717) is 22.3 Å². The molecule has 1 aromatic heterocycles. The molecule has 1 amide bonds. The van der Waals surface area contributed by atoms with Crippen LogP contribution < -0.4 is 5.32 Å². The van der Waals surface area contributed by atoms with Gasteiger partial charge in [-0.15, -0.1) is 5.10 Å². The van der Waals surface area contributed by atoms with E-state index in [2.05, 4.69) is 32.6 Å². The number of non-ortho nitro benzene ring substituents is 1. The number of carbonyl (C=O) groups excluding carboxylic acids is 1. The number of hydrogen-bond donors (Lipinski definition) is 1. The first-order valence-corrected chi connectivity index (χ1v) is 11.3. The molecule has 1 heterocycles. The Kier molecular flexibility index (Phi) is 6.50. The van der Waals surface area contributed by atoms with E-state index in [4.69, 9.17) is 0 Å². The van der Waals surface area contributed by atoms with E-state index in [1.54, 1.807) is 7.05 Å². The molecule has 0 radical (unpaired) electrons. The summed E-state index contributed by atoms with van der Waals surface area (Å²) in [6.07, 6.45) is 4.48. The predicted molar refractivity (Wildman–Crippen MR) is 125 cm³/mol. The number of aryl methyl sites for hydroxylation is 1. The minimum atomic E-state index is -0.529. The van der Waals surface area contributed by atoms with Gasteiger partial charge in [0.15, 0.2) is 0 Å². The van der Waals surface area contributed by atoms with E-state index in [9.17, 15) is 14.9 Å². The summed E-state index contributed by atoms with van der Waals surface area (Å²) >= 11 is 1.16. The molecule has 3 aromatic rings. The minimum absolute atomic E-state index is 0.0122. The average Bonchev–Trinajstić information content (AvgIpc) is 3.44. The van der Waals surface area contributed by atoms with Gasteiger partial charge in [-0.2, -0.15) is 0 Å². The van der Waals surface area contributed by atoms with Crippen LogP contribution in [0.15, 0.2) is 57.5 Å². The lowest BCUT2D eigenvalue weighted by Crippen LogP contribution is -2.25. The molecule has 11 heteroatoms. The second-order valence-electron chi connectivity index (χ2n) is 8.03. The normalized spacial score (nSPS) is 14.7. The minimum Gasteiger partial charge on any atom is -0.322 e. The van der Waals surface area contributed by atoms with Crippen molar-refractivity contribution in [1.82, 2.24) is 20.2 Å². The van der Waals surface area contributed by atoms with E-state index in [1.165, 1.54) is 41.3 Å². The number of aliphatic imine (C=N–C) groups is 1. The van der Waals surface area contributed by atoms with Crippen molar-refractivity contribution in [2.75, 3.05) is 11.9 Å². The van der Waals surface area contributed by atoms with Crippen LogP contribution in [0.4, 0.5) is 11.4 Å². The molecule has 0 bridgehead atoms. The fourth-order valence-electron chi connectivity index (χ4n) is 4.21. The van der Waals surface area contributed by atoms with Crippen LogP contribution in [0, 0.1) is 10.1 Å². The van der Waals surface area contributed by atoms with Crippen LogP contribution in [0.5, 0.6) is 0 Å². The zero-order chi connectivity index (χ0) is 23.4. The first-order chi connectivity index (χ1) is 15.9. The van der Waals surface area contributed by atoms with Crippen molar-refractivity contribution < 1.29 is 9.72 Å². The number of tetrazole rings is 1. The van der Waals surface area contributed by atoms with Gasteiger partial charge in [0.1, 0.15) is 0 Å². The van der Waals surface area contributed by atoms with Crippen LogP contribution in [-0.2, 0) is 12.5 Å². The van der Waals surface area contributed by atoms with E-state index >= 15 is 0 Å². The number of hydrogen-bond acceptors (Lipinski definition) is 8. The Morgan fingerprint density at radius 1 is 1.27 bits per heavy atom. The number of nitrogens with one attached hydrogen (secondary N) is 1.